The molecule has 5 nitrogen and oxygen atoms in total. The minimum atomic E-state index is -1.48. The zero-order valence-corrected chi connectivity index (χ0v) is 17.9. The second-order valence-electron chi connectivity index (χ2n) is 8.35. The molecule has 0 radical (unpaired) electrons. The lowest BCUT2D eigenvalue weighted by atomic mass is 9.79. The number of likely N-dealkylation sites (N-methyl/N-ethyl adjacent to an activating group) is 2. The van der Waals surface area contributed by atoms with Gasteiger partial charge in [0.05, 0.1) is 23.7 Å². The summed E-state index contributed by atoms with van der Waals surface area (Å²) in [5, 5.41) is 0. The minimum Gasteiger partial charge on any atom is -0.490 e. The van der Waals surface area contributed by atoms with Crippen molar-refractivity contribution >= 4 is 17.3 Å². The molecule has 1 aliphatic heterocycles. The summed E-state index contributed by atoms with van der Waals surface area (Å²) in [7, 11) is 1.92. The zero-order valence-electron chi connectivity index (χ0n) is 17.9. The SMILES string of the molecule is CCN1C(=O)C(C)N(C)c2cc(CCC3CC(Oc4cc(F)c(F)c(F)c4)C3)ncc21. The minimum absolute atomic E-state index is 0.0170. The van der Waals surface area contributed by atoms with Crippen molar-refractivity contribution in [3.63, 3.8) is 0 Å². The average Bonchev–Trinajstić information content (AvgIpc) is 2.72. The van der Waals surface area contributed by atoms with Crippen molar-refractivity contribution in [2.24, 2.45) is 5.92 Å². The number of hydrogen-bond acceptors (Lipinski definition) is 4. The van der Waals surface area contributed by atoms with Crippen LogP contribution in [0.3, 0.4) is 0 Å². The van der Waals surface area contributed by atoms with Crippen LogP contribution >= 0.6 is 0 Å². The van der Waals surface area contributed by atoms with Crippen LogP contribution in [0.5, 0.6) is 5.75 Å². The summed E-state index contributed by atoms with van der Waals surface area (Å²) in [5.74, 6) is -3.44. The molecule has 1 saturated carbocycles. The highest BCUT2D eigenvalue weighted by Gasteiger charge is 2.34. The maximum absolute atomic E-state index is 13.3. The van der Waals surface area contributed by atoms with Crippen LogP contribution in [0, 0.1) is 23.4 Å². The third-order valence-corrected chi connectivity index (χ3v) is 6.37. The van der Waals surface area contributed by atoms with Crippen molar-refractivity contribution in [2.45, 2.75) is 51.7 Å². The van der Waals surface area contributed by atoms with Crippen LogP contribution < -0.4 is 14.5 Å². The lowest BCUT2D eigenvalue weighted by molar-refractivity contribution is -0.119. The molecule has 1 amide bonds. The van der Waals surface area contributed by atoms with E-state index in [0.29, 0.717) is 12.5 Å². The van der Waals surface area contributed by atoms with E-state index in [4.69, 9.17) is 4.74 Å². The molecule has 2 aromatic rings. The maximum Gasteiger partial charge on any atom is 0.249 e. The van der Waals surface area contributed by atoms with Gasteiger partial charge in [0, 0.05) is 31.4 Å². The quantitative estimate of drug-likeness (QED) is 0.631. The van der Waals surface area contributed by atoms with E-state index in [1.165, 1.54) is 0 Å². The number of fused-ring (bicyclic) bond motifs is 1. The zero-order chi connectivity index (χ0) is 22.3. The van der Waals surface area contributed by atoms with E-state index in [1.807, 2.05) is 25.8 Å². The fourth-order valence-corrected chi connectivity index (χ4v) is 4.30. The van der Waals surface area contributed by atoms with Gasteiger partial charge in [-0.05, 0) is 51.5 Å². The number of anilines is 2. The fourth-order valence-electron chi connectivity index (χ4n) is 4.30. The number of pyridine rings is 1. The first-order chi connectivity index (χ1) is 14.8. The van der Waals surface area contributed by atoms with Gasteiger partial charge in [-0.2, -0.15) is 0 Å². The van der Waals surface area contributed by atoms with Gasteiger partial charge in [-0.25, -0.2) is 13.2 Å². The van der Waals surface area contributed by atoms with Gasteiger partial charge in [-0.1, -0.05) is 0 Å². The number of aromatic nitrogens is 1. The summed E-state index contributed by atoms with van der Waals surface area (Å²) in [6.07, 6.45) is 4.93. The third kappa shape index (κ3) is 4.07. The summed E-state index contributed by atoms with van der Waals surface area (Å²) in [4.78, 5) is 20.8. The first kappa shape index (κ1) is 21.5. The van der Waals surface area contributed by atoms with Crippen LogP contribution in [-0.2, 0) is 11.2 Å². The maximum atomic E-state index is 13.3. The van der Waals surface area contributed by atoms with E-state index >= 15 is 0 Å². The first-order valence-corrected chi connectivity index (χ1v) is 10.6. The van der Waals surface area contributed by atoms with E-state index in [1.54, 1.807) is 11.1 Å². The van der Waals surface area contributed by atoms with Crippen molar-refractivity contribution in [1.82, 2.24) is 4.98 Å². The Bertz CT molecular complexity index is 971. The molecule has 2 heterocycles. The molecule has 4 rings (SSSR count). The Hall–Kier alpha value is -2.77. The third-order valence-electron chi connectivity index (χ3n) is 6.37. The van der Waals surface area contributed by atoms with Gasteiger partial charge in [0.25, 0.3) is 0 Å². The monoisotopic (exact) mass is 433 g/mol. The Morgan fingerprint density at radius 1 is 1.13 bits per heavy atom. The Kier molecular flexibility index (Phi) is 5.81. The summed E-state index contributed by atoms with van der Waals surface area (Å²) >= 11 is 0. The lowest BCUT2D eigenvalue weighted by Crippen LogP contribution is -2.50. The highest BCUT2D eigenvalue weighted by molar-refractivity contribution is 6.04. The molecule has 166 valence electrons. The molecule has 1 fully saturated rings. The number of amides is 1. The largest absolute Gasteiger partial charge is 0.490 e. The first-order valence-electron chi connectivity index (χ1n) is 10.6. The standard InChI is InChI=1S/C23H26F3N3O2/c1-4-29-21-12-27-15(9-20(21)28(3)13(2)23(29)30)6-5-14-7-16(8-14)31-17-10-18(24)22(26)19(25)11-17/h9-14,16H,4-8H2,1-3H3. The topological polar surface area (TPSA) is 45.7 Å². The summed E-state index contributed by atoms with van der Waals surface area (Å²) in [6.45, 7) is 4.47. The molecule has 1 unspecified atom stereocenters. The van der Waals surface area contributed by atoms with Crippen LogP contribution in [0.4, 0.5) is 24.5 Å². The molecule has 2 aliphatic rings. The van der Waals surface area contributed by atoms with Crippen molar-refractivity contribution in [2.75, 3.05) is 23.4 Å². The second kappa shape index (κ2) is 8.40. The lowest BCUT2D eigenvalue weighted by Gasteiger charge is -2.39. The van der Waals surface area contributed by atoms with Gasteiger partial charge in [0.2, 0.25) is 5.91 Å². The van der Waals surface area contributed by atoms with Gasteiger partial charge in [0.1, 0.15) is 11.8 Å². The molecule has 1 aromatic heterocycles. The van der Waals surface area contributed by atoms with Gasteiger partial charge in [-0.15, -0.1) is 0 Å². The molecule has 1 atom stereocenters. The average molecular weight is 433 g/mol. The predicted octanol–water partition coefficient (Wildman–Crippen LogP) is 4.48. The number of nitrogens with zero attached hydrogens (tertiary/aromatic N) is 3. The molecular weight excluding hydrogens is 407 g/mol. The number of carbonyl (C=O) groups excluding carboxylic acids is 1. The highest BCUT2D eigenvalue weighted by atomic mass is 19.2. The van der Waals surface area contributed by atoms with Crippen molar-refractivity contribution in [3.05, 3.63) is 47.5 Å². The molecule has 1 aromatic carbocycles. The van der Waals surface area contributed by atoms with Gasteiger partial charge in [-0.3, -0.25) is 9.78 Å². The normalized spacial score (nSPS) is 22.9. The van der Waals surface area contributed by atoms with E-state index in [0.717, 1.165) is 54.9 Å². The van der Waals surface area contributed by atoms with Crippen LogP contribution in [0.25, 0.3) is 0 Å². The number of rotatable bonds is 6. The molecule has 8 heteroatoms. The van der Waals surface area contributed by atoms with Gasteiger partial charge < -0.3 is 14.5 Å². The summed E-state index contributed by atoms with van der Waals surface area (Å²) in [6, 6.07) is 3.60. The smallest absolute Gasteiger partial charge is 0.249 e. The van der Waals surface area contributed by atoms with E-state index in [9.17, 15) is 18.0 Å². The predicted molar refractivity (Wildman–Crippen MR) is 112 cm³/mol. The van der Waals surface area contributed by atoms with Crippen LogP contribution in [0.2, 0.25) is 0 Å². The van der Waals surface area contributed by atoms with Crippen LogP contribution in [0.15, 0.2) is 24.4 Å². The molecule has 0 spiro atoms. The van der Waals surface area contributed by atoms with Crippen LogP contribution in [0.1, 0.15) is 38.8 Å². The Labute approximate surface area is 179 Å². The number of halogens is 3. The Balaban J connectivity index is 1.33. The summed E-state index contributed by atoms with van der Waals surface area (Å²) < 4.78 is 45.2. The number of benzene rings is 1. The number of hydrogen-bond donors (Lipinski definition) is 0. The summed E-state index contributed by atoms with van der Waals surface area (Å²) in [5.41, 5.74) is 2.82. The number of carbonyl (C=O) groups is 1. The van der Waals surface area contributed by atoms with Crippen LogP contribution in [-0.4, -0.2) is 36.6 Å². The number of aryl methyl sites for hydroxylation is 1. The molecule has 31 heavy (non-hydrogen) atoms. The van der Waals surface area contributed by atoms with Crippen molar-refractivity contribution in [3.8, 4) is 5.75 Å². The van der Waals surface area contributed by atoms with Gasteiger partial charge >= 0.3 is 0 Å². The van der Waals surface area contributed by atoms with Crippen molar-refractivity contribution < 1.29 is 22.7 Å². The highest BCUT2D eigenvalue weighted by Crippen LogP contribution is 2.37. The molecular formula is C23H26F3N3O2. The van der Waals surface area contributed by atoms with Gasteiger partial charge in [0.15, 0.2) is 17.5 Å². The Morgan fingerprint density at radius 3 is 2.45 bits per heavy atom. The molecule has 0 N–H and O–H groups in total. The van der Waals surface area contributed by atoms with E-state index < -0.39 is 17.5 Å². The van der Waals surface area contributed by atoms with E-state index in [-0.39, 0.29) is 23.8 Å². The molecule has 0 saturated heterocycles. The molecule has 1 aliphatic carbocycles. The van der Waals surface area contributed by atoms with Crippen molar-refractivity contribution in [1.29, 1.82) is 0 Å². The molecule has 0 bridgehead atoms. The second-order valence-corrected chi connectivity index (χ2v) is 8.35. The fraction of sp³-hybridized carbons (Fsp3) is 0.478. The Morgan fingerprint density at radius 2 is 1.81 bits per heavy atom. The van der Waals surface area contributed by atoms with E-state index in [2.05, 4.69) is 11.1 Å². The number of ether oxygens (including phenoxy) is 1.